The highest BCUT2D eigenvalue weighted by Crippen LogP contribution is 2.22. The van der Waals surface area contributed by atoms with Crippen molar-refractivity contribution in [2.45, 2.75) is 19.4 Å². The summed E-state index contributed by atoms with van der Waals surface area (Å²) >= 11 is 0. The van der Waals surface area contributed by atoms with Crippen LogP contribution in [0.4, 0.5) is 4.39 Å². The molecule has 2 rings (SSSR count). The van der Waals surface area contributed by atoms with Crippen LogP contribution in [0.2, 0.25) is 0 Å². The van der Waals surface area contributed by atoms with Gasteiger partial charge in [-0.05, 0) is 26.5 Å². The summed E-state index contributed by atoms with van der Waals surface area (Å²) < 4.78 is 18.9. The first kappa shape index (κ1) is 14.2. The number of halogens is 1. The second-order valence-corrected chi connectivity index (χ2v) is 5.14. The fourth-order valence-electron chi connectivity index (χ4n) is 2.35. The van der Waals surface area contributed by atoms with Gasteiger partial charge in [0.1, 0.15) is 5.82 Å². The van der Waals surface area contributed by atoms with Crippen LogP contribution in [0.1, 0.15) is 24.9 Å². The molecule has 3 nitrogen and oxygen atoms in total. The van der Waals surface area contributed by atoms with E-state index in [2.05, 4.69) is 0 Å². The predicted octanol–water partition coefficient (Wildman–Crippen LogP) is 2.42. The summed E-state index contributed by atoms with van der Waals surface area (Å²) in [6, 6.07) is 6.58. The molecule has 1 aliphatic rings. The zero-order chi connectivity index (χ0) is 13.8. The molecule has 0 radical (unpaired) electrons. The molecule has 4 heteroatoms. The monoisotopic (exact) mass is 265 g/mol. The van der Waals surface area contributed by atoms with Gasteiger partial charge in [0.2, 0.25) is 0 Å². The molecule has 0 amide bonds. The van der Waals surface area contributed by atoms with Gasteiger partial charge in [-0.15, -0.1) is 0 Å². The molecule has 1 aromatic rings. The summed E-state index contributed by atoms with van der Waals surface area (Å²) in [5, 5.41) is 0. The molecule has 1 heterocycles. The van der Waals surface area contributed by atoms with Crippen LogP contribution in [0.5, 0.6) is 0 Å². The van der Waals surface area contributed by atoms with Gasteiger partial charge >= 0.3 is 0 Å². The zero-order valence-corrected chi connectivity index (χ0v) is 11.4. The molecule has 0 bridgehead atoms. The third kappa shape index (κ3) is 3.39. The smallest absolute Gasteiger partial charge is 0.152 e. The number of rotatable bonds is 5. The Labute approximate surface area is 113 Å². The van der Waals surface area contributed by atoms with Crippen molar-refractivity contribution in [3.05, 3.63) is 35.6 Å². The highest BCUT2D eigenvalue weighted by molar-refractivity contribution is 5.83. The molecule has 104 valence electrons. The molecule has 19 heavy (non-hydrogen) atoms. The Balaban J connectivity index is 1.97. The summed E-state index contributed by atoms with van der Waals surface area (Å²) in [4.78, 5) is 13.9. The number of carbonyl (C=O) groups excluding carboxylic acids is 1. The minimum Gasteiger partial charge on any atom is -0.381 e. The Bertz CT molecular complexity index is 444. The Morgan fingerprint density at radius 1 is 1.53 bits per heavy atom. The van der Waals surface area contributed by atoms with Gasteiger partial charge in [-0.25, -0.2) is 4.39 Å². The molecule has 0 saturated carbocycles. The lowest BCUT2D eigenvalue weighted by Gasteiger charge is -2.25. The van der Waals surface area contributed by atoms with E-state index in [1.54, 1.807) is 12.1 Å². The largest absolute Gasteiger partial charge is 0.381 e. The molecular formula is C15H20FNO2. The molecule has 0 N–H and O–H groups in total. The average molecular weight is 265 g/mol. The van der Waals surface area contributed by atoms with Crippen LogP contribution in [0.3, 0.4) is 0 Å². The maximum absolute atomic E-state index is 13.7. The van der Waals surface area contributed by atoms with Gasteiger partial charge in [-0.2, -0.15) is 0 Å². The number of ether oxygens (including phenoxy) is 1. The van der Waals surface area contributed by atoms with Gasteiger partial charge in [0, 0.05) is 24.1 Å². The Kier molecular flexibility index (Phi) is 4.66. The molecule has 1 saturated heterocycles. The van der Waals surface area contributed by atoms with Gasteiger partial charge in [0.15, 0.2) is 5.78 Å². The first-order chi connectivity index (χ1) is 9.09. The number of benzene rings is 1. The van der Waals surface area contributed by atoms with Crippen LogP contribution in [0.25, 0.3) is 0 Å². The number of hydrogen-bond acceptors (Lipinski definition) is 3. The van der Waals surface area contributed by atoms with Crippen molar-refractivity contribution < 1.29 is 13.9 Å². The van der Waals surface area contributed by atoms with Gasteiger partial charge in [0.25, 0.3) is 0 Å². The summed E-state index contributed by atoms with van der Waals surface area (Å²) in [6.45, 7) is 3.45. The van der Waals surface area contributed by atoms with Crippen LogP contribution in [-0.2, 0) is 9.53 Å². The summed E-state index contributed by atoms with van der Waals surface area (Å²) in [6.07, 6.45) is 0.806. The number of carbonyl (C=O) groups is 1. The fourth-order valence-corrected chi connectivity index (χ4v) is 2.35. The van der Waals surface area contributed by atoms with Crippen LogP contribution >= 0.6 is 0 Å². The summed E-state index contributed by atoms with van der Waals surface area (Å²) in [5.41, 5.74) is 0.625. The van der Waals surface area contributed by atoms with E-state index in [1.807, 2.05) is 24.9 Å². The molecule has 1 aliphatic heterocycles. The van der Waals surface area contributed by atoms with E-state index in [0.29, 0.717) is 25.3 Å². The van der Waals surface area contributed by atoms with E-state index in [0.717, 1.165) is 6.42 Å². The van der Waals surface area contributed by atoms with Crippen molar-refractivity contribution in [2.75, 3.05) is 26.8 Å². The quantitative estimate of drug-likeness (QED) is 0.819. The normalized spacial score (nSPS) is 20.7. The standard InChI is InChI=1S/C15H20FNO2/c1-11(13-5-3-4-6-14(13)16)17(2)9-15(18)12-7-8-19-10-12/h3-6,11-12H,7-10H2,1-2H3. The summed E-state index contributed by atoms with van der Waals surface area (Å²) in [5.74, 6) is -0.0306. The van der Waals surface area contributed by atoms with Crippen LogP contribution in [-0.4, -0.2) is 37.5 Å². The van der Waals surface area contributed by atoms with E-state index < -0.39 is 0 Å². The van der Waals surface area contributed by atoms with E-state index >= 15 is 0 Å². The lowest BCUT2D eigenvalue weighted by molar-refractivity contribution is -0.124. The van der Waals surface area contributed by atoms with Crippen molar-refractivity contribution in [2.24, 2.45) is 5.92 Å². The second kappa shape index (κ2) is 6.26. The maximum atomic E-state index is 13.7. The number of likely N-dealkylation sites (N-methyl/N-ethyl adjacent to an activating group) is 1. The van der Waals surface area contributed by atoms with Crippen LogP contribution in [0.15, 0.2) is 24.3 Å². The molecule has 0 spiro atoms. The van der Waals surface area contributed by atoms with E-state index in [1.165, 1.54) is 6.07 Å². The topological polar surface area (TPSA) is 29.5 Å². The minimum absolute atomic E-state index is 0.00951. The first-order valence-electron chi connectivity index (χ1n) is 6.64. The first-order valence-corrected chi connectivity index (χ1v) is 6.64. The van der Waals surface area contributed by atoms with Crippen molar-refractivity contribution >= 4 is 5.78 Å². The van der Waals surface area contributed by atoms with Crippen molar-refractivity contribution in [1.82, 2.24) is 4.90 Å². The predicted molar refractivity (Wildman–Crippen MR) is 71.4 cm³/mol. The molecule has 1 aromatic carbocycles. The van der Waals surface area contributed by atoms with E-state index in [9.17, 15) is 9.18 Å². The average Bonchev–Trinajstić information content (AvgIpc) is 2.92. The van der Waals surface area contributed by atoms with Crippen molar-refractivity contribution in [1.29, 1.82) is 0 Å². The molecule has 2 atom stereocenters. The van der Waals surface area contributed by atoms with Gasteiger partial charge in [0.05, 0.1) is 13.2 Å². The molecule has 0 aromatic heterocycles. The van der Waals surface area contributed by atoms with Gasteiger partial charge in [-0.1, -0.05) is 18.2 Å². The SMILES string of the molecule is CC(c1ccccc1F)N(C)CC(=O)C1CCOC1. The van der Waals surface area contributed by atoms with Gasteiger partial charge < -0.3 is 4.74 Å². The zero-order valence-electron chi connectivity index (χ0n) is 11.4. The van der Waals surface area contributed by atoms with Crippen molar-refractivity contribution in [3.8, 4) is 0 Å². The Morgan fingerprint density at radius 3 is 2.89 bits per heavy atom. The van der Waals surface area contributed by atoms with E-state index in [-0.39, 0.29) is 23.6 Å². The number of ketones is 1. The molecule has 1 fully saturated rings. The highest BCUT2D eigenvalue weighted by Gasteiger charge is 2.26. The highest BCUT2D eigenvalue weighted by atomic mass is 19.1. The number of nitrogens with zero attached hydrogens (tertiary/aromatic N) is 1. The second-order valence-electron chi connectivity index (χ2n) is 5.14. The van der Waals surface area contributed by atoms with Crippen LogP contribution < -0.4 is 0 Å². The third-order valence-corrected chi connectivity index (χ3v) is 3.81. The minimum atomic E-state index is -0.224. The van der Waals surface area contributed by atoms with Crippen LogP contribution in [0, 0.1) is 11.7 Å². The van der Waals surface area contributed by atoms with Gasteiger partial charge in [-0.3, -0.25) is 9.69 Å². The molecular weight excluding hydrogens is 245 g/mol. The van der Waals surface area contributed by atoms with Crippen molar-refractivity contribution in [3.63, 3.8) is 0 Å². The number of Topliss-reactive ketones (excluding diaryl/α,β-unsaturated/α-hetero) is 1. The third-order valence-electron chi connectivity index (χ3n) is 3.81. The maximum Gasteiger partial charge on any atom is 0.152 e. The summed E-state index contributed by atoms with van der Waals surface area (Å²) in [7, 11) is 1.85. The fraction of sp³-hybridized carbons (Fsp3) is 0.533. The lowest BCUT2D eigenvalue weighted by atomic mass is 10.0. The van der Waals surface area contributed by atoms with E-state index in [4.69, 9.17) is 4.74 Å². The molecule has 0 aliphatic carbocycles. The number of hydrogen-bond donors (Lipinski definition) is 0. The lowest BCUT2D eigenvalue weighted by Crippen LogP contribution is -2.32. The Morgan fingerprint density at radius 2 is 2.26 bits per heavy atom. The Hall–Kier alpha value is -1.26. The molecule has 2 unspecified atom stereocenters.